The Morgan fingerprint density at radius 3 is 2.76 bits per heavy atom. The molecule has 2 heterocycles. The monoisotopic (exact) mass is 424 g/mol. The number of ether oxygens (including phenoxy) is 1. The Kier molecular flexibility index (Phi) is 5.78. The smallest absolute Gasteiger partial charge is 0.241 e. The standard InChI is InChI=1S/C18H18F2N4O4S/c1-3-6-29(26,27)24-13-5-4-12(19)15(16(13)20)14(25)8-10-7-11-17(21-9-10)22-23-18(11)28-2/h4-5,7,9,24H,3,6,8H2,1-2H3,(H,21,22,23). The maximum Gasteiger partial charge on any atom is 0.241 e. The average Bonchev–Trinajstić information content (AvgIpc) is 3.06. The third kappa shape index (κ3) is 4.34. The first kappa shape index (κ1) is 20.6. The number of ketones is 1. The van der Waals surface area contributed by atoms with Crippen LogP contribution in [0.25, 0.3) is 11.0 Å². The lowest BCUT2D eigenvalue weighted by Crippen LogP contribution is -2.19. The number of benzene rings is 1. The molecule has 0 fully saturated rings. The van der Waals surface area contributed by atoms with Gasteiger partial charge in [0.15, 0.2) is 17.2 Å². The van der Waals surface area contributed by atoms with Crippen LogP contribution in [0.2, 0.25) is 0 Å². The zero-order chi connectivity index (χ0) is 21.2. The van der Waals surface area contributed by atoms with Gasteiger partial charge in [0, 0.05) is 12.6 Å². The van der Waals surface area contributed by atoms with Crippen molar-refractivity contribution in [3.05, 3.63) is 47.2 Å². The molecule has 3 aromatic rings. The van der Waals surface area contributed by atoms with E-state index in [9.17, 15) is 22.0 Å². The Morgan fingerprint density at radius 2 is 2.07 bits per heavy atom. The van der Waals surface area contributed by atoms with E-state index >= 15 is 0 Å². The summed E-state index contributed by atoms with van der Waals surface area (Å²) in [6.07, 6.45) is 1.34. The number of aromatic nitrogens is 3. The van der Waals surface area contributed by atoms with E-state index in [0.717, 1.165) is 12.1 Å². The summed E-state index contributed by atoms with van der Waals surface area (Å²) in [4.78, 5) is 16.7. The molecular weight excluding hydrogens is 406 g/mol. The molecule has 0 amide bonds. The number of hydrogen-bond acceptors (Lipinski definition) is 6. The Morgan fingerprint density at radius 1 is 1.31 bits per heavy atom. The molecule has 11 heteroatoms. The highest BCUT2D eigenvalue weighted by Gasteiger charge is 2.23. The van der Waals surface area contributed by atoms with Gasteiger partial charge in [0.1, 0.15) is 5.82 Å². The lowest BCUT2D eigenvalue weighted by Gasteiger charge is -2.11. The van der Waals surface area contributed by atoms with Crippen LogP contribution in [0.3, 0.4) is 0 Å². The summed E-state index contributed by atoms with van der Waals surface area (Å²) < 4.78 is 59.8. The molecule has 3 rings (SSSR count). The molecular formula is C18H18F2N4O4S. The van der Waals surface area contributed by atoms with Crippen LogP contribution in [0, 0.1) is 11.6 Å². The van der Waals surface area contributed by atoms with Crippen molar-refractivity contribution >= 4 is 32.5 Å². The predicted octanol–water partition coefficient (Wildman–Crippen LogP) is 2.82. The minimum atomic E-state index is -3.81. The van der Waals surface area contributed by atoms with Crippen molar-refractivity contribution in [1.29, 1.82) is 0 Å². The molecule has 2 aromatic heterocycles. The number of hydrogen-bond donors (Lipinski definition) is 2. The predicted molar refractivity (Wildman–Crippen MR) is 103 cm³/mol. The molecule has 0 aliphatic rings. The SMILES string of the molecule is CCCS(=O)(=O)Nc1ccc(F)c(C(=O)Cc2cnc3[nH]nc(OC)c3c2)c1F. The van der Waals surface area contributed by atoms with Gasteiger partial charge >= 0.3 is 0 Å². The first-order valence-corrected chi connectivity index (χ1v) is 10.3. The number of Topliss-reactive ketones (excluding diaryl/α,β-unsaturated/α-hetero) is 1. The minimum absolute atomic E-state index is 0.231. The molecule has 8 nitrogen and oxygen atoms in total. The van der Waals surface area contributed by atoms with Crippen LogP contribution in [0.1, 0.15) is 29.3 Å². The Balaban J connectivity index is 1.92. The number of methoxy groups -OCH3 is 1. The van der Waals surface area contributed by atoms with Gasteiger partial charge in [-0.3, -0.25) is 14.6 Å². The molecule has 0 radical (unpaired) electrons. The van der Waals surface area contributed by atoms with Crippen molar-refractivity contribution in [2.45, 2.75) is 19.8 Å². The molecule has 29 heavy (non-hydrogen) atoms. The van der Waals surface area contributed by atoms with Crippen LogP contribution in [0.15, 0.2) is 24.4 Å². The number of aromatic amines is 1. The van der Waals surface area contributed by atoms with Gasteiger partial charge in [0.25, 0.3) is 0 Å². The molecule has 0 saturated heterocycles. The maximum absolute atomic E-state index is 14.7. The average molecular weight is 424 g/mol. The number of halogens is 2. The zero-order valence-corrected chi connectivity index (χ0v) is 16.4. The normalized spacial score (nSPS) is 11.6. The van der Waals surface area contributed by atoms with E-state index < -0.39 is 38.7 Å². The molecule has 1 aromatic carbocycles. The van der Waals surface area contributed by atoms with Crippen LogP contribution < -0.4 is 9.46 Å². The largest absolute Gasteiger partial charge is 0.479 e. The quantitative estimate of drug-likeness (QED) is 0.538. The molecule has 0 spiro atoms. The second kappa shape index (κ2) is 8.11. The summed E-state index contributed by atoms with van der Waals surface area (Å²) in [6.45, 7) is 1.65. The van der Waals surface area contributed by atoms with Gasteiger partial charge in [-0.1, -0.05) is 6.92 Å². The van der Waals surface area contributed by atoms with E-state index in [0.29, 0.717) is 23.0 Å². The minimum Gasteiger partial charge on any atom is -0.479 e. The van der Waals surface area contributed by atoms with Crippen LogP contribution >= 0.6 is 0 Å². The fourth-order valence-electron chi connectivity index (χ4n) is 2.82. The van der Waals surface area contributed by atoms with Gasteiger partial charge in [-0.15, -0.1) is 5.10 Å². The zero-order valence-electron chi connectivity index (χ0n) is 15.6. The number of nitrogens with zero attached hydrogens (tertiary/aromatic N) is 2. The number of anilines is 1. The van der Waals surface area contributed by atoms with E-state index in [2.05, 4.69) is 15.2 Å². The first-order valence-electron chi connectivity index (χ1n) is 8.64. The Hall–Kier alpha value is -3.08. The highest BCUT2D eigenvalue weighted by Crippen LogP contribution is 2.25. The second-order valence-electron chi connectivity index (χ2n) is 6.28. The summed E-state index contributed by atoms with van der Waals surface area (Å²) in [5.41, 5.74) is -0.477. The fourth-order valence-corrected chi connectivity index (χ4v) is 3.96. The van der Waals surface area contributed by atoms with Gasteiger partial charge in [-0.05, 0) is 30.2 Å². The summed E-state index contributed by atoms with van der Waals surface area (Å²) in [5.74, 6) is -3.16. The van der Waals surface area contributed by atoms with E-state index in [-0.39, 0.29) is 18.1 Å². The number of rotatable bonds is 8. The number of pyridine rings is 1. The highest BCUT2D eigenvalue weighted by atomic mass is 32.2. The van der Waals surface area contributed by atoms with Crippen molar-refractivity contribution in [1.82, 2.24) is 15.2 Å². The van der Waals surface area contributed by atoms with Gasteiger partial charge < -0.3 is 4.74 Å². The third-order valence-electron chi connectivity index (χ3n) is 4.10. The third-order valence-corrected chi connectivity index (χ3v) is 5.58. The molecule has 0 bridgehead atoms. The molecule has 0 aliphatic carbocycles. The second-order valence-corrected chi connectivity index (χ2v) is 8.12. The molecule has 0 unspecified atom stereocenters. The molecule has 154 valence electrons. The van der Waals surface area contributed by atoms with Crippen molar-refractivity contribution in [2.75, 3.05) is 17.6 Å². The number of H-pyrrole nitrogens is 1. The lowest BCUT2D eigenvalue weighted by atomic mass is 10.0. The summed E-state index contributed by atoms with van der Waals surface area (Å²) in [6, 6.07) is 3.37. The first-order chi connectivity index (χ1) is 13.8. The molecule has 0 aliphatic heterocycles. The maximum atomic E-state index is 14.7. The number of sulfonamides is 1. The molecule has 0 saturated carbocycles. The fraction of sp³-hybridized carbons (Fsp3) is 0.278. The summed E-state index contributed by atoms with van der Waals surface area (Å²) in [7, 11) is -2.39. The van der Waals surface area contributed by atoms with Crippen LogP contribution in [0.5, 0.6) is 5.88 Å². The van der Waals surface area contributed by atoms with Crippen LogP contribution in [-0.4, -0.2) is 42.2 Å². The Labute approximate surface area is 165 Å². The number of carbonyl (C=O) groups is 1. The summed E-state index contributed by atoms with van der Waals surface area (Å²) >= 11 is 0. The van der Waals surface area contributed by atoms with Crippen LogP contribution in [-0.2, 0) is 16.4 Å². The van der Waals surface area contributed by atoms with E-state index in [1.807, 2.05) is 4.72 Å². The van der Waals surface area contributed by atoms with E-state index in [4.69, 9.17) is 4.74 Å². The number of carbonyl (C=O) groups excluding carboxylic acids is 1. The highest BCUT2D eigenvalue weighted by molar-refractivity contribution is 7.92. The van der Waals surface area contributed by atoms with Gasteiger partial charge in [0.05, 0.1) is 29.5 Å². The number of fused-ring (bicyclic) bond motifs is 1. The Bertz CT molecular complexity index is 1180. The van der Waals surface area contributed by atoms with Crippen molar-refractivity contribution in [3.8, 4) is 5.88 Å². The van der Waals surface area contributed by atoms with Crippen LogP contribution in [0.4, 0.5) is 14.5 Å². The molecule has 2 N–H and O–H groups in total. The van der Waals surface area contributed by atoms with E-state index in [1.165, 1.54) is 13.3 Å². The van der Waals surface area contributed by atoms with Crippen molar-refractivity contribution in [2.24, 2.45) is 0 Å². The van der Waals surface area contributed by atoms with E-state index in [1.54, 1.807) is 13.0 Å². The van der Waals surface area contributed by atoms with Crippen molar-refractivity contribution in [3.63, 3.8) is 0 Å². The van der Waals surface area contributed by atoms with Gasteiger partial charge in [-0.2, -0.15) is 0 Å². The lowest BCUT2D eigenvalue weighted by molar-refractivity contribution is 0.0985. The van der Waals surface area contributed by atoms with Crippen molar-refractivity contribution < 1.29 is 26.7 Å². The van der Waals surface area contributed by atoms with Gasteiger partial charge in [0.2, 0.25) is 15.9 Å². The summed E-state index contributed by atoms with van der Waals surface area (Å²) in [5, 5.41) is 7.07. The topological polar surface area (TPSA) is 114 Å². The molecule has 0 atom stereocenters. The van der Waals surface area contributed by atoms with Gasteiger partial charge in [-0.25, -0.2) is 22.2 Å². The number of nitrogens with one attached hydrogen (secondary N) is 2.